The first-order chi connectivity index (χ1) is 9.36. The lowest BCUT2D eigenvalue weighted by molar-refractivity contribution is 0.616. The summed E-state index contributed by atoms with van der Waals surface area (Å²) in [5.74, 6) is 0. The molecule has 5 heteroatoms. The van der Waals surface area contributed by atoms with Crippen molar-refractivity contribution in [3.8, 4) is 0 Å². The Balaban J connectivity index is 2.03. The number of thiophene rings is 1. The maximum Gasteiger partial charge on any atom is 0.00772 e. The molecule has 0 amide bonds. The van der Waals surface area contributed by atoms with Gasteiger partial charge in [-0.2, -0.15) is 0 Å². The van der Waals surface area contributed by atoms with Gasteiger partial charge in [-0.3, -0.25) is 0 Å². The van der Waals surface area contributed by atoms with E-state index in [9.17, 15) is 0 Å². The molecule has 0 saturated heterocycles. The van der Waals surface area contributed by atoms with Crippen LogP contribution in [0.3, 0.4) is 0 Å². The van der Waals surface area contributed by atoms with Gasteiger partial charge in [0, 0.05) is 42.5 Å². The number of nitrogens with two attached hydrogens (primary N) is 2. The standard InChI is InChI=1S/C14H28N4S/c15-7-2-1-3-13-4-5-14(19-13)6-9-17-11-12-18-10-8-16/h4-5,17-18H,1-3,6-12,15-16H2. The van der Waals surface area contributed by atoms with E-state index in [1.165, 1.54) is 22.6 Å². The maximum absolute atomic E-state index is 5.51. The monoisotopic (exact) mass is 284 g/mol. The van der Waals surface area contributed by atoms with Crippen molar-refractivity contribution >= 4 is 11.3 Å². The van der Waals surface area contributed by atoms with Crippen LogP contribution in [0.5, 0.6) is 0 Å². The van der Waals surface area contributed by atoms with Crippen LogP contribution in [0.2, 0.25) is 0 Å². The summed E-state index contributed by atoms with van der Waals surface area (Å²) in [7, 11) is 0. The van der Waals surface area contributed by atoms with Gasteiger partial charge in [0.1, 0.15) is 0 Å². The number of hydrogen-bond donors (Lipinski definition) is 4. The summed E-state index contributed by atoms with van der Waals surface area (Å²) in [5.41, 5.74) is 10.9. The first kappa shape index (κ1) is 16.6. The van der Waals surface area contributed by atoms with Gasteiger partial charge < -0.3 is 22.1 Å². The summed E-state index contributed by atoms with van der Waals surface area (Å²) in [6.45, 7) is 5.47. The fourth-order valence-corrected chi connectivity index (χ4v) is 2.93. The van der Waals surface area contributed by atoms with Gasteiger partial charge >= 0.3 is 0 Å². The van der Waals surface area contributed by atoms with Gasteiger partial charge in [-0.1, -0.05) is 0 Å². The Hall–Kier alpha value is -0.460. The number of aryl methyl sites for hydroxylation is 1. The fraction of sp³-hybridized carbons (Fsp3) is 0.714. The van der Waals surface area contributed by atoms with Gasteiger partial charge in [0.2, 0.25) is 0 Å². The summed E-state index contributed by atoms with van der Waals surface area (Å²) in [6, 6.07) is 4.52. The zero-order valence-electron chi connectivity index (χ0n) is 11.8. The van der Waals surface area contributed by atoms with Crippen molar-refractivity contribution in [2.24, 2.45) is 11.5 Å². The van der Waals surface area contributed by atoms with Gasteiger partial charge in [-0.25, -0.2) is 0 Å². The van der Waals surface area contributed by atoms with Gasteiger partial charge in [-0.15, -0.1) is 11.3 Å². The molecule has 19 heavy (non-hydrogen) atoms. The first-order valence-electron chi connectivity index (χ1n) is 7.26. The minimum absolute atomic E-state index is 0.710. The number of unbranched alkanes of at least 4 members (excludes halogenated alkanes) is 1. The van der Waals surface area contributed by atoms with Crippen LogP contribution in [0.15, 0.2) is 12.1 Å². The summed E-state index contributed by atoms with van der Waals surface area (Å²) in [6.07, 6.45) is 4.64. The summed E-state index contributed by atoms with van der Waals surface area (Å²) in [4.78, 5) is 2.97. The van der Waals surface area contributed by atoms with Crippen molar-refractivity contribution in [1.82, 2.24) is 10.6 Å². The van der Waals surface area contributed by atoms with Gasteiger partial charge in [-0.05, 0) is 44.4 Å². The van der Waals surface area contributed by atoms with Crippen LogP contribution in [-0.4, -0.2) is 39.3 Å². The topological polar surface area (TPSA) is 76.1 Å². The second-order valence-corrected chi connectivity index (χ2v) is 5.91. The molecule has 4 nitrogen and oxygen atoms in total. The van der Waals surface area contributed by atoms with Crippen molar-refractivity contribution in [1.29, 1.82) is 0 Å². The highest BCUT2D eigenvalue weighted by Gasteiger charge is 2.00. The molecule has 0 saturated carbocycles. The summed E-state index contributed by atoms with van der Waals surface area (Å²) < 4.78 is 0. The van der Waals surface area contributed by atoms with Crippen LogP contribution < -0.4 is 22.1 Å². The average Bonchev–Trinajstić information content (AvgIpc) is 2.86. The van der Waals surface area contributed by atoms with Crippen molar-refractivity contribution in [3.63, 3.8) is 0 Å². The normalized spacial score (nSPS) is 11.1. The Morgan fingerprint density at radius 2 is 1.47 bits per heavy atom. The van der Waals surface area contributed by atoms with Crippen LogP contribution in [-0.2, 0) is 12.8 Å². The lowest BCUT2D eigenvalue weighted by atomic mass is 10.2. The molecule has 6 N–H and O–H groups in total. The summed E-state index contributed by atoms with van der Waals surface area (Å²) in [5, 5.41) is 6.71. The molecule has 0 aliphatic heterocycles. The van der Waals surface area contributed by atoms with E-state index in [0.29, 0.717) is 6.54 Å². The molecular weight excluding hydrogens is 256 g/mol. The van der Waals surface area contributed by atoms with Crippen LogP contribution in [0.4, 0.5) is 0 Å². The van der Waals surface area contributed by atoms with E-state index >= 15 is 0 Å². The van der Waals surface area contributed by atoms with E-state index < -0.39 is 0 Å². The molecule has 0 aliphatic rings. The molecule has 1 heterocycles. The quantitative estimate of drug-likeness (QED) is 0.426. The van der Waals surface area contributed by atoms with E-state index in [1.54, 1.807) is 0 Å². The highest BCUT2D eigenvalue weighted by Crippen LogP contribution is 2.18. The first-order valence-corrected chi connectivity index (χ1v) is 8.07. The molecule has 1 aromatic heterocycles. The minimum Gasteiger partial charge on any atom is -0.330 e. The number of nitrogens with one attached hydrogen (secondary N) is 2. The smallest absolute Gasteiger partial charge is 0.00772 e. The molecule has 1 aromatic rings. The highest BCUT2D eigenvalue weighted by molar-refractivity contribution is 7.11. The van der Waals surface area contributed by atoms with E-state index in [2.05, 4.69) is 22.8 Å². The third-order valence-corrected chi connectivity index (χ3v) is 4.15. The van der Waals surface area contributed by atoms with Crippen LogP contribution in [0.1, 0.15) is 22.6 Å². The number of rotatable bonds is 12. The lowest BCUT2D eigenvalue weighted by Crippen LogP contribution is -2.31. The molecule has 110 valence electrons. The molecular formula is C14H28N4S. The highest BCUT2D eigenvalue weighted by atomic mass is 32.1. The average molecular weight is 284 g/mol. The molecule has 0 aromatic carbocycles. The van der Waals surface area contributed by atoms with E-state index in [4.69, 9.17) is 11.5 Å². The van der Waals surface area contributed by atoms with Crippen molar-refractivity contribution in [2.75, 3.05) is 39.3 Å². The Kier molecular flexibility index (Phi) is 9.93. The van der Waals surface area contributed by atoms with Crippen LogP contribution in [0, 0.1) is 0 Å². The minimum atomic E-state index is 0.710. The van der Waals surface area contributed by atoms with Crippen LogP contribution >= 0.6 is 11.3 Å². The molecule has 0 aliphatic carbocycles. The second kappa shape index (κ2) is 11.4. The zero-order chi connectivity index (χ0) is 13.8. The van der Waals surface area contributed by atoms with Gasteiger partial charge in [0.25, 0.3) is 0 Å². The largest absolute Gasteiger partial charge is 0.330 e. The van der Waals surface area contributed by atoms with E-state index in [0.717, 1.165) is 45.6 Å². The predicted octanol–water partition coefficient (Wildman–Crippen LogP) is 0.710. The number of hydrogen-bond acceptors (Lipinski definition) is 5. The molecule has 0 radical (unpaired) electrons. The molecule has 0 atom stereocenters. The van der Waals surface area contributed by atoms with Crippen molar-refractivity contribution in [3.05, 3.63) is 21.9 Å². The Labute approximate surface area is 121 Å². The van der Waals surface area contributed by atoms with Gasteiger partial charge in [0.05, 0.1) is 0 Å². The van der Waals surface area contributed by atoms with Crippen molar-refractivity contribution < 1.29 is 0 Å². The van der Waals surface area contributed by atoms with E-state index in [-0.39, 0.29) is 0 Å². The lowest BCUT2D eigenvalue weighted by Gasteiger charge is -2.04. The molecule has 1 rings (SSSR count). The van der Waals surface area contributed by atoms with Gasteiger partial charge in [0.15, 0.2) is 0 Å². The Morgan fingerprint density at radius 3 is 2.16 bits per heavy atom. The van der Waals surface area contributed by atoms with Crippen LogP contribution in [0.25, 0.3) is 0 Å². The second-order valence-electron chi connectivity index (χ2n) is 4.65. The Morgan fingerprint density at radius 1 is 0.789 bits per heavy atom. The van der Waals surface area contributed by atoms with E-state index in [1.807, 2.05) is 11.3 Å². The molecule has 0 bridgehead atoms. The Bertz CT molecular complexity index is 314. The maximum atomic E-state index is 5.51. The molecule has 0 spiro atoms. The zero-order valence-corrected chi connectivity index (χ0v) is 12.6. The molecule has 0 fully saturated rings. The third-order valence-electron chi connectivity index (χ3n) is 2.94. The SMILES string of the molecule is NCCCCc1ccc(CCNCCNCCN)s1. The summed E-state index contributed by atoms with van der Waals surface area (Å²) >= 11 is 1.94. The van der Waals surface area contributed by atoms with Crippen molar-refractivity contribution in [2.45, 2.75) is 25.7 Å². The molecule has 0 unspecified atom stereocenters. The fourth-order valence-electron chi connectivity index (χ4n) is 1.88. The predicted molar refractivity (Wildman–Crippen MR) is 84.8 cm³/mol. The third kappa shape index (κ3) is 8.34.